The lowest BCUT2D eigenvalue weighted by Crippen LogP contribution is -2.40. The molecule has 2 amide bonds. The van der Waals surface area contributed by atoms with Gasteiger partial charge in [-0.1, -0.05) is 18.9 Å². The van der Waals surface area contributed by atoms with E-state index in [1.165, 1.54) is 24.3 Å². The second kappa shape index (κ2) is 13.7. The molecule has 2 saturated carbocycles. The molecule has 1 unspecified atom stereocenters. The van der Waals surface area contributed by atoms with Gasteiger partial charge in [0.15, 0.2) is 23.0 Å². The average molecular weight is 619 g/mol. The molecular formula is C31H34F4N4O5. The predicted octanol–water partition coefficient (Wildman–Crippen LogP) is 5.81. The van der Waals surface area contributed by atoms with Crippen LogP contribution in [0.25, 0.3) is 11.5 Å². The maximum Gasteiger partial charge on any atom is 0.387 e. The van der Waals surface area contributed by atoms with Crippen LogP contribution >= 0.6 is 0 Å². The van der Waals surface area contributed by atoms with Crippen molar-refractivity contribution in [3.63, 3.8) is 0 Å². The minimum Gasteiger partial charge on any atom is -0.489 e. The Bertz CT molecular complexity index is 1490. The first-order chi connectivity index (χ1) is 21.1. The molecule has 0 bridgehead atoms. The molecule has 0 aliphatic heterocycles. The largest absolute Gasteiger partial charge is 0.489 e. The summed E-state index contributed by atoms with van der Waals surface area (Å²) in [7, 11) is 0. The van der Waals surface area contributed by atoms with Gasteiger partial charge in [-0.15, -0.1) is 0 Å². The number of carbonyl (C=O) groups excluding carboxylic acids is 2. The van der Waals surface area contributed by atoms with E-state index in [0.29, 0.717) is 24.2 Å². The molecule has 9 nitrogen and oxygen atoms in total. The number of carbonyl (C=O) groups is 2. The molecule has 44 heavy (non-hydrogen) atoms. The summed E-state index contributed by atoms with van der Waals surface area (Å²) in [6.07, 6.45) is 5.33. The molecule has 2 aliphatic carbocycles. The first kappa shape index (κ1) is 31.3. The SMILES string of the molecule is C[C@H](N)c1oc(-c2ccc(OC(F)F)c(OCC3CC3)c2)nc1C(=O)NC(CNC(=O)C1CCCC1)c1ccc(F)cc1F. The van der Waals surface area contributed by atoms with Gasteiger partial charge in [0, 0.05) is 29.7 Å². The van der Waals surface area contributed by atoms with Crippen LogP contribution in [0.2, 0.25) is 0 Å². The molecule has 2 aromatic carbocycles. The standard InChI is InChI=1S/C31H34F4N4O5/c1-16(36)27-26(39-30(44-27)19-8-11-24(43-31(34)35)25(12-19)42-15-17-6-7-17)29(41)38-23(21-10-9-20(32)13-22(21)33)14-37-28(40)18-4-2-3-5-18/h8-13,16-18,23,31H,2-7,14-15,36H2,1H3,(H,37,40)(H,38,41)/t16-,23?/m0/s1. The van der Waals surface area contributed by atoms with E-state index in [1.807, 2.05) is 0 Å². The van der Waals surface area contributed by atoms with Gasteiger partial charge in [-0.25, -0.2) is 13.8 Å². The van der Waals surface area contributed by atoms with Crippen molar-refractivity contribution in [1.82, 2.24) is 15.6 Å². The highest BCUT2D eigenvalue weighted by atomic mass is 19.3. The molecule has 0 radical (unpaired) electrons. The molecule has 2 atom stereocenters. The lowest BCUT2D eigenvalue weighted by atomic mass is 10.0. The van der Waals surface area contributed by atoms with E-state index < -0.39 is 36.2 Å². The first-order valence-corrected chi connectivity index (χ1v) is 14.6. The number of hydrogen-bond donors (Lipinski definition) is 3. The topological polar surface area (TPSA) is 129 Å². The number of oxazole rings is 1. The Hall–Kier alpha value is -4.13. The van der Waals surface area contributed by atoms with Gasteiger partial charge in [0.25, 0.3) is 5.91 Å². The van der Waals surface area contributed by atoms with Crippen LogP contribution in [-0.2, 0) is 4.79 Å². The second-order valence-electron chi connectivity index (χ2n) is 11.2. The average Bonchev–Trinajstić information content (AvgIpc) is 3.43. The van der Waals surface area contributed by atoms with Gasteiger partial charge in [0.2, 0.25) is 11.8 Å². The number of nitrogens with two attached hydrogens (primary N) is 1. The molecule has 0 spiro atoms. The van der Waals surface area contributed by atoms with Gasteiger partial charge >= 0.3 is 6.61 Å². The molecule has 4 N–H and O–H groups in total. The first-order valence-electron chi connectivity index (χ1n) is 14.6. The quantitative estimate of drug-likeness (QED) is 0.206. The summed E-state index contributed by atoms with van der Waals surface area (Å²) in [5.41, 5.74) is 6.17. The molecule has 0 saturated heterocycles. The molecule has 5 rings (SSSR count). The number of halogens is 4. The third kappa shape index (κ3) is 7.68. The summed E-state index contributed by atoms with van der Waals surface area (Å²) >= 11 is 0. The van der Waals surface area contributed by atoms with E-state index in [1.54, 1.807) is 6.92 Å². The number of amides is 2. The van der Waals surface area contributed by atoms with Gasteiger partial charge in [0.05, 0.1) is 18.7 Å². The summed E-state index contributed by atoms with van der Waals surface area (Å²) in [5.74, 6) is -2.64. The van der Waals surface area contributed by atoms with Crippen LogP contribution in [0.3, 0.4) is 0 Å². The molecule has 3 aromatic rings. The Kier molecular flexibility index (Phi) is 9.72. The van der Waals surface area contributed by atoms with Crippen molar-refractivity contribution >= 4 is 11.8 Å². The number of ether oxygens (including phenoxy) is 2. The Labute approximate surface area is 251 Å². The minimum absolute atomic E-state index is 0.0131. The number of rotatable bonds is 13. The summed E-state index contributed by atoms with van der Waals surface area (Å²) in [5, 5.41) is 5.45. The van der Waals surface area contributed by atoms with Crippen LogP contribution in [-0.4, -0.2) is 36.6 Å². The van der Waals surface area contributed by atoms with E-state index in [0.717, 1.165) is 44.6 Å². The van der Waals surface area contributed by atoms with Crippen LogP contribution in [0.15, 0.2) is 40.8 Å². The number of aromatic nitrogens is 1. The van der Waals surface area contributed by atoms with Gasteiger partial charge in [-0.3, -0.25) is 9.59 Å². The van der Waals surface area contributed by atoms with E-state index in [4.69, 9.17) is 14.9 Å². The van der Waals surface area contributed by atoms with E-state index in [-0.39, 0.29) is 52.8 Å². The van der Waals surface area contributed by atoms with Crippen molar-refractivity contribution in [2.24, 2.45) is 17.6 Å². The highest BCUT2D eigenvalue weighted by molar-refractivity contribution is 5.94. The molecule has 236 valence electrons. The Balaban J connectivity index is 1.41. The molecule has 2 fully saturated rings. The molecule has 1 heterocycles. The van der Waals surface area contributed by atoms with Gasteiger partial charge in [-0.2, -0.15) is 8.78 Å². The van der Waals surface area contributed by atoms with Crippen molar-refractivity contribution in [1.29, 1.82) is 0 Å². The van der Waals surface area contributed by atoms with Crippen molar-refractivity contribution in [2.75, 3.05) is 13.2 Å². The number of hydrogen-bond acceptors (Lipinski definition) is 7. The highest BCUT2D eigenvalue weighted by Crippen LogP contribution is 2.37. The Morgan fingerprint density at radius 1 is 1.07 bits per heavy atom. The third-order valence-electron chi connectivity index (χ3n) is 7.71. The summed E-state index contributed by atoms with van der Waals surface area (Å²) in [6.45, 7) is -1.32. The van der Waals surface area contributed by atoms with Crippen molar-refractivity contribution in [2.45, 2.75) is 64.1 Å². The third-order valence-corrected chi connectivity index (χ3v) is 7.71. The Morgan fingerprint density at radius 3 is 2.48 bits per heavy atom. The zero-order valence-corrected chi connectivity index (χ0v) is 24.1. The number of benzene rings is 2. The molecule has 2 aliphatic rings. The maximum atomic E-state index is 14.9. The summed E-state index contributed by atoms with van der Waals surface area (Å²) in [6, 6.07) is 5.21. The maximum absolute atomic E-state index is 14.9. The molecule has 1 aromatic heterocycles. The molecular weight excluding hydrogens is 584 g/mol. The van der Waals surface area contributed by atoms with E-state index in [2.05, 4.69) is 20.4 Å². The Morgan fingerprint density at radius 2 is 1.82 bits per heavy atom. The van der Waals surface area contributed by atoms with Crippen molar-refractivity contribution < 1.29 is 41.0 Å². The predicted molar refractivity (Wildman–Crippen MR) is 151 cm³/mol. The lowest BCUT2D eigenvalue weighted by molar-refractivity contribution is -0.124. The number of alkyl halides is 2. The van der Waals surface area contributed by atoms with Crippen LogP contribution in [0.5, 0.6) is 11.5 Å². The normalized spacial score (nSPS) is 16.5. The summed E-state index contributed by atoms with van der Waals surface area (Å²) in [4.78, 5) is 30.6. The van der Waals surface area contributed by atoms with Gasteiger partial charge < -0.3 is 30.3 Å². The van der Waals surface area contributed by atoms with Gasteiger partial charge in [0.1, 0.15) is 11.6 Å². The molecule has 13 heteroatoms. The second-order valence-corrected chi connectivity index (χ2v) is 11.2. The zero-order chi connectivity index (χ0) is 31.4. The number of nitrogens with zero attached hydrogens (tertiary/aromatic N) is 1. The fraction of sp³-hybridized carbons (Fsp3) is 0.452. The smallest absolute Gasteiger partial charge is 0.387 e. The van der Waals surface area contributed by atoms with Crippen LogP contribution in [0.4, 0.5) is 17.6 Å². The fourth-order valence-electron chi connectivity index (χ4n) is 5.15. The van der Waals surface area contributed by atoms with Gasteiger partial charge in [-0.05, 0) is 62.8 Å². The lowest BCUT2D eigenvalue weighted by Gasteiger charge is -2.21. The number of nitrogens with one attached hydrogen (secondary N) is 2. The van der Waals surface area contributed by atoms with Crippen LogP contribution in [0, 0.1) is 23.5 Å². The zero-order valence-electron chi connectivity index (χ0n) is 24.1. The van der Waals surface area contributed by atoms with Crippen LogP contribution < -0.4 is 25.8 Å². The van der Waals surface area contributed by atoms with Crippen molar-refractivity contribution in [3.8, 4) is 23.0 Å². The monoisotopic (exact) mass is 618 g/mol. The summed E-state index contributed by atoms with van der Waals surface area (Å²) < 4.78 is 70.7. The highest BCUT2D eigenvalue weighted by Gasteiger charge is 2.29. The van der Waals surface area contributed by atoms with E-state index >= 15 is 0 Å². The van der Waals surface area contributed by atoms with E-state index in [9.17, 15) is 27.2 Å². The van der Waals surface area contributed by atoms with Crippen LogP contribution in [0.1, 0.15) is 79.3 Å². The van der Waals surface area contributed by atoms with Crippen molar-refractivity contribution in [3.05, 3.63) is 65.1 Å². The minimum atomic E-state index is -3.06. The fourth-order valence-corrected chi connectivity index (χ4v) is 5.15.